The van der Waals surface area contributed by atoms with Crippen LogP contribution in [0.3, 0.4) is 0 Å². The van der Waals surface area contributed by atoms with Gasteiger partial charge in [-0.25, -0.2) is 9.18 Å². The predicted molar refractivity (Wildman–Crippen MR) is 62.8 cm³/mol. The number of hydrogen-bond acceptors (Lipinski definition) is 6. The van der Waals surface area contributed by atoms with Gasteiger partial charge >= 0.3 is 5.69 Å². The Kier molecular flexibility index (Phi) is 3.41. The van der Waals surface area contributed by atoms with Gasteiger partial charge in [-0.15, -0.1) is 23.5 Å². The van der Waals surface area contributed by atoms with Gasteiger partial charge in [0.25, 0.3) is 0 Å². The van der Waals surface area contributed by atoms with Gasteiger partial charge in [0, 0.05) is 11.9 Å². The number of halogens is 1. The fourth-order valence-corrected chi connectivity index (χ4v) is 4.20. The zero-order chi connectivity index (χ0) is 11.7. The van der Waals surface area contributed by atoms with Gasteiger partial charge in [0.05, 0.1) is 16.6 Å². The molecular formula is C8H10FN3O2S2. The summed E-state index contributed by atoms with van der Waals surface area (Å²) in [7, 11) is 0. The van der Waals surface area contributed by atoms with Gasteiger partial charge in [0.1, 0.15) is 0 Å². The van der Waals surface area contributed by atoms with Crippen molar-refractivity contribution in [3.63, 3.8) is 0 Å². The van der Waals surface area contributed by atoms with Gasteiger partial charge in [-0.1, -0.05) is 0 Å². The molecule has 2 atom stereocenters. The smallest absolute Gasteiger partial charge is 0.350 e. The number of nitrogens with zero attached hydrogens (tertiary/aromatic N) is 2. The maximum atomic E-state index is 13.2. The molecular weight excluding hydrogens is 253 g/mol. The van der Waals surface area contributed by atoms with Crippen LogP contribution in [-0.4, -0.2) is 31.6 Å². The van der Waals surface area contributed by atoms with Crippen LogP contribution in [0.25, 0.3) is 0 Å². The summed E-state index contributed by atoms with van der Waals surface area (Å²) in [4.78, 5) is 14.9. The first-order valence-electron chi connectivity index (χ1n) is 4.54. The number of rotatable bonds is 2. The number of aliphatic hydroxyl groups excluding tert-OH is 1. The molecule has 2 heterocycles. The Bertz CT molecular complexity index is 453. The van der Waals surface area contributed by atoms with Crippen LogP contribution in [0.15, 0.2) is 11.0 Å². The highest BCUT2D eigenvalue weighted by atomic mass is 32.2. The summed E-state index contributed by atoms with van der Waals surface area (Å²) in [5.74, 6) is -0.436. The van der Waals surface area contributed by atoms with Crippen molar-refractivity contribution in [3.8, 4) is 0 Å². The first kappa shape index (κ1) is 11.7. The molecule has 0 bridgehead atoms. The molecule has 1 aromatic heterocycles. The summed E-state index contributed by atoms with van der Waals surface area (Å²) >= 11 is 2.96. The summed E-state index contributed by atoms with van der Waals surface area (Å²) < 4.78 is 14.4. The van der Waals surface area contributed by atoms with E-state index in [2.05, 4.69) is 4.98 Å². The lowest BCUT2D eigenvalue weighted by molar-refractivity contribution is 0.316. The molecule has 8 heteroatoms. The molecule has 1 saturated heterocycles. The van der Waals surface area contributed by atoms with Crippen LogP contribution < -0.4 is 11.4 Å². The fraction of sp³-hybridized carbons (Fsp3) is 0.500. The Morgan fingerprint density at radius 1 is 1.75 bits per heavy atom. The van der Waals surface area contributed by atoms with Crippen molar-refractivity contribution in [1.82, 2.24) is 9.55 Å². The van der Waals surface area contributed by atoms with Crippen LogP contribution >= 0.6 is 23.5 Å². The van der Waals surface area contributed by atoms with Gasteiger partial charge in [-0.05, 0) is 0 Å². The molecule has 0 aliphatic carbocycles. The van der Waals surface area contributed by atoms with Crippen molar-refractivity contribution in [2.45, 2.75) is 9.96 Å². The van der Waals surface area contributed by atoms with Gasteiger partial charge in [-0.3, -0.25) is 4.57 Å². The van der Waals surface area contributed by atoms with Crippen LogP contribution in [0.4, 0.5) is 10.2 Å². The van der Waals surface area contributed by atoms with Gasteiger partial charge in [0.2, 0.25) is 0 Å². The molecule has 0 aromatic carbocycles. The molecule has 1 fully saturated rings. The minimum absolute atomic E-state index is 0.0255. The minimum Gasteiger partial charge on any atom is -0.394 e. The second kappa shape index (κ2) is 4.64. The Labute approximate surface area is 99.2 Å². The second-order valence-corrected chi connectivity index (χ2v) is 6.12. The van der Waals surface area contributed by atoms with E-state index in [1.54, 1.807) is 0 Å². The number of thioether (sulfide) groups is 2. The van der Waals surface area contributed by atoms with E-state index < -0.39 is 11.5 Å². The average Bonchev–Trinajstić information content (AvgIpc) is 2.71. The minimum atomic E-state index is -0.697. The highest BCUT2D eigenvalue weighted by Crippen LogP contribution is 2.43. The van der Waals surface area contributed by atoms with Crippen LogP contribution in [0.2, 0.25) is 0 Å². The third kappa shape index (κ3) is 2.18. The van der Waals surface area contributed by atoms with Crippen molar-refractivity contribution in [2.24, 2.45) is 0 Å². The first-order chi connectivity index (χ1) is 7.61. The second-order valence-electron chi connectivity index (χ2n) is 3.20. The van der Waals surface area contributed by atoms with E-state index in [0.717, 1.165) is 6.20 Å². The zero-order valence-electron chi connectivity index (χ0n) is 8.17. The molecule has 2 rings (SSSR count). The third-order valence-electron chi connectivity index (χ3n) is 2.13. The lowest BCUT2D eigenvalue weighted by Gasteiger charge is -2.12. The van der Waals surface area contributed by atoms with Crippen molar-refractivity contribution >= 4 is 29.3 Å². The average molecular weight is 263 g/mol. The Morgan fingerprint density at radius 2 is 2.50 bits per heavy atom. The van der Waals surface area contributed by atoms with Crippen molar-refractivity contribution in [2.75, 3.05) is 18.1 Å². The van der Waals surface area contributed by atoms with Gasteiger partial charge in [0.15, 0.2) is 11.6 Å². The monoisotopic (exact) mass is 263 g/mol. The number of nitrogens with two attached hydrogens (primary N) is 1. The standard InChI is InChI=1S/C8H10FN3O2S2/c9-4-1-12(8(14)11-7(4)10)5-3-15-6(2-13)16-5/h1,5-6,13H,2-3H2,(H2,10,11,14)/t5-,6-/m0/s1. The van der Waals surface area contributed by atoms with Gasteiger partial charge in [-0.2, -0.15) is 4.98 Å². The maximum Gasteiger partial charge on any atom is 0.350 e. The summed E-state index contributed by atoms with van der Waals surface area (Å²) in [6.07, 6.45) is 1.07. The predicted octanol–water partition coefficient (Wildman–Crippen LogP) is 0.262. The highest BCUT2D eigenvalue weighted by molar-refractivity contribution is 8.20. The molecule has 0 saturated carbocycles. The number of aliphatic hydroxyl groups is 1. The number of hydrogen-bond donors (Lipinski definition) is 2. The van der Waals surface area contributed by atoms with Crippen molar-refractivity contribution < 1.29 is 9.50 Å². The molecule has 1 aliphatic heterocycles. The van der Waals surface area contributed by atoms with Crippen LogP contribution in [0.5, 0.6) is 0 Å². The SMILES string of the molecule is Nc1nc(=O)n([C@@H]2CS[C@H](CO)S2)cc1F. The first-order valence-corrected chi connectivity index (χ1v) is 6.53. The molecule has 1 aromatic rings. The lowest BCUT2D eigenvalue weighted by atomic mass is 10.5. The fourth-order valence-electron chi connectivity index (χ4n) is 1.35. The van der Waals surface area contributed by atoms with Crippen LogP contribution in [-0.2, 0) is 0 Å². The summed E-state index contributed by atoms with van der Waals surface area (Å²) in [5.41, 5.74) is 4.63. The summed E-state index contributed by atoms with van der Waals surface area (Å²) in [6.45, 7) is 0.0332. The molecule has 88 valence electrons. The molecule has 1 aliphatic rings. The van der Waals surface area contributed by atoms with E-state index >= 15 is 0 Å². The van der Waals surface area contributed by atoms with Crippen LogP contribution in [0, 0.1) is 5.82 Å². The molecule has 0 amide bonds. The Morgan fingerprint density at radius 3 is 3.12 bits per heavy atom. The molecule has 0 radical (unpaired) electrons. The Balaban J connectivity index is 2.28. The van der Waals surface area contributed by atoms with Crippen molar-refractivity contribution in [3.05, 3.63) is 22.5 Å². The Hall–Kier alpha value is -0.730. The topological polar surface area (TPSA) is 81.1 Å². The summed E-state index contributed by atoms with van der Waals surface area (Å²) in [6, 6.07) is 0. The molecule has 5 nitrogen and oxygen atoms in total. The number of nitrogen functional groups attached to an aromatic ring is 1. The molecule has 0 unspecified atom stereocenters. The van der Waals surface area contributed by atoms with E-state index in [-0.39, 0.29) is 22.4 Å². The third-order valence-corrected chi connectivity index (χ3v) is 5.27. The normalized spacial score (nSPS) is 24.9. The van der Waals surface area contributed by atoms with Gasteiger partial charge < -0.3 is 10.8 Å². The van der Waals surface area contributed by atoms with E-state index in [0.29, 0.717) is 5.75 Å². The molecule has 16 heavy (non-hydrogen) atoms. The highest BCUT2D eigenvalue weighted by Gasteiger charge is 2.28. The number of aromatic nitrogens is 2. The van der Waals surface area contributed by atoms with E-state index in [1.165, 1.54) is 28.1 Å². The molecule has 0 spiro atoms. The van der Waals surface area contributed by atoms with Crippen molar-refractivity contribution in [1.29, 1.82) is 0 Å². The summed E-state index contributed by atoms with van der Waals surface area (Å²) in [5, 5.41) is 8.76. The largest absolute Gasteiger partial charge is 0.394 e. The molecule has 3 N–H and O–H groups in total. The lowest BCUT2D eigenvalue weighted by Crippen LogP contribution is -2.27. The maximum absolute atomic E-state index is 13.2. The van der Waals surface area contributed by atoms with E-state index in [1.807, 2.05) is 0 Å². The van der Waals surface area contributed by atoms with Crippen LogP contribution in [0.1, 0.15) is 5.37 Å². The number of anilines is 1. The zero-order valence-corrected chi connectivity index (χ0v) is 9.80. The quantitative estimate of drug-likeness (QED) is 0.796. The van der Waals surface area contributed by atoms with E-state index in [9.17, 15) is 9.18 Å². The van der Waals surface area contributed by atoms with E-state index in [4.69, 9.17) is 10.8 Å².